The molecule has 0 aliphatic rings. The van der Waals surface area contributed by atoms with Crippen molar-refractivity contribution in [2.45, 2.75) is 45.1 Å². The molecular weight excluding hydrogens is 273 g/mol. The summed E-state index contributed by atoms with van der Waals surface area (Å²) in [6, 6.07) is 9.10. The van der Waals surface area contributed by atoms with Crippen LogP contribution in [0.1, 0.15) is 38.2 Å². The zero-order valence-corrected chi connectivity index (χ0v) is 12.9. The quantitative estimate of drug-likeness (QED) is 0.409. The van der Waals surface area contributed by atoms with Crippen molar-refractivity contribution in [3.05, 3.63) is 35.9 Å². The van der Waals surface area contributed by atoms with Gasteiger partial charge in [-0.25, -0.2) is 5.09 Å². The van der Waals surface area contributed by atoms with Gasteiger partial charge in [0.15, 0.2) is 0 Å². The highest BCUT2D eigenvalue weighted by Gasteiger charge is 2.19. The molecule has 1 radical (unpaired) electrons. The number of unbranched alkanes of at least 4 members (excludes halogenated alkanes) is 3. The van der Waals surface area contributed by atoms with Crippen LogP contribution in [-0.2, 0) is 20.5 Å². The fourth-order valence-electron chi connectivity index (χ4n) is 1.92. The van der Waals surface area contributed by atoms with E-state index in [2.05, 4.69) is 12.0 Å². The van der Waals surface area contributed by atoms with E-state index in [1.54, 1.807) is 0 Å². The molecule has 1 aromatic rings. The Bertz CT molecular complexity index is 397. The van der Waals surface area contributed by atoms with E-state index < -0.39 is 14.7 Å². The van der Waals surface area contributed by atoms with Crippen LogP contribution in [0.25, 0.3) is 0 Å². The van der Waals surface area contributed by atoms with E-state index >= 15 is 0 Å². The third-order valence-electron chi connectivity index (χ3n) is 3.04. The Kier molecular flexibility index (Phi) is 8.84. The fraction of sp³-hybridized carbons (Fsp3) is 0.533. The summed E-state index contributed by atoms with van der Waals surface area (Å²) in [5.74, 6) is -0.325. The van der Waals surface area contributed by atoms with Crippen LogP contribution >= 0.6 is 8.61 Å². The molecule has 0 bridgehead atoms. The molecule has 0 aliphatic heterocycles. The van der Waals surface area contributed by atoms with E-state index in [1.807, 2.05) is 30.3 Å². The predicted octanol–water partition coefficient (Wildman–Crippen LogP) is 3.25. The number of nitrogens with one attached hydrogen (secondary N) is 1. The van der Waals surface area contributed by atoms with Gasteiger partial charge in [0.1, 0.15) is 14.7 Å². The normalized spacial score (nSPS) is 12.2. The smallest absolute Gasteiger partial charge is 0.324 e. The van der Waals surface area contributed by atoms with Gasteiger partial charge in [-0.05, 0) is 18.4 Å². The van der Waals surface area contributed by atoms with Crippen molar-refractivity contribution < 1.29 is 14.1 Å². The van der Waals surface area contributed by atoms with Gasteiger partial charge in [0.05, 0.1) is 6.61 Å². The van der Waals surface area contributed by atoms with Gasteiger partial charge in [0, 0.05) is 0 Å². The van der Waals surface area contributed by atoms with E-state index in [1.165, 1.54) is 0 Å². The van der Waals surface area contributed by atoms with E-state index in [9.17, 15) is 9.36 Å². The summed E-state index contributed by atoms with van der Waals surface area (Å²) in [7, 11) is -0.713. The fourth-order valence-corrected chi connectivity index (χ4v) is 2.28. The highest BCUT2D eigenvalue weighted by molar-refractivity contribution is 7.21. The van der Waals surface area contributed by atoms with E-state index in [-0.39, 0.29) is 5.97 Å². The van der Waals surface area contributed by atoms with Gasteiger partial charge in [0.2, 0.25) is 0 Å². The number of hydrogen-bond donors (Lipinski definition) is 1. The number of rotatable bonds is 10. The standard InChI is InChI=1S/C15H23NO3P/c1-2-3-4-8-11-19-15(17)14(16-20-18)12-13-9-6-5-7-10-13/h5-7,9-10,14,20H,2-4,8,11-12H2,1H3,(H,16,18)/t14-/m0/s1. The molecule has 0 saturated carbocycles. The van der Waals surface area contributed by atoms with E-state index in [4.69, 9.17) is 4.74 Å². The zero-order valence-electron chi connectivity index (χ0n) is 11.9. The summed E-state index contributed by atoms with van der Waals surface area (Å²) in [6.45, 7) is 2.58. The summed E-state index contributed by atoms with van der Waals surface area (Å²) in [5, 5.41) is 2.68. The van der Waals surface area contributed by atoms with Crippen LogP contribution in [0.4, 0.5) is 0 Å². The Labute approximate surface area is 122 Å². The number of carbonyl (C=O) groups is 1. The first-order chi connectivity index (χ1) is 9.77. The van der Waals surface area contributed by atoms with Crippen molar-refractivity contribution in [2.75, 3.05) is 6.61 Å². The Morgan fingerprint density at radius 2 is 2.00 bits per heavy atom. The molecule has 0 fully saturated rings. The molecule has 0 amide bonds. The number of esters is 1. The third-order valence-corrected chi connectivity index (χ3v) is 3.51. The summed E-state index contributed by atoms with van der Waals surface area (Å²) < 4.78 is 16.0. The lowest BCUT2D eigenvalue weighted by molar-refractivity contribution is -0.145. The first-order valence-electron chi connectivity index (χ1n) is 7.11. The van der Waals surface area contributed by atoms with E-state index in [0.717, 1.165) is 31.2 Å². The van der Waals surface area contributed by atoms with Gasteiger partial charge in [-0.3, -0.25) is 9.36 Å². The van der Waals surface area contributed by atoms with Crippen molar-refractivity contribution in [1.82, 2.24) is 5.09 Å². The first-order valence-corrected chi connectivity index (χ1v) is 8.02. The van der Waals surface area contributed by atoms with Crippen LogP contribution in [0.2, 0.25) is 0 Å². The highest BCUT2D eigenvalue weighted by atomic mass is 31.1. The maximum Gasteiger partial charge on any atom is 0.324 e. The molecule has 0 heterocycles. The van der Waals surface area contributed by atoms with Crippen molar-refractivity contribution in [2.24, 2.45) is 0 Å². The average molecular weight is 296 g/mol. The number of carbonyl (C=O) groups excluding carboxylic acids is 1. The number of ether oxygens (including phenoxy) is 1. The molecule has 0 spiro atoms. The molecule has 0 aliphatic carbocycles. The van der Waals surface area contributed by atoms with Crippen LogP contribution in [0.15, 0.2) is 30.3 Å². The Hall–Kier alpha value is -1.25. The lowest BCUT2D eigenvalue weighted by Gasteiger charge is -2.14. The second-order valence-electron chi connectivity index (χ2n) is 4.72. The summed E-state index contributed by atoms with van der Waals surface area (Å²) >= 11 is 0. The summed E-state index contributed by atoms with van der Waals surface area (Å²) in [5.41, 5.74) is 1.02. The minimum absolute atomic E-state index is 0.325. The van der Waals surface area contributed by atoms with Gasteiger partial charge in [-0.2, -0.15) is 0 Å². The highest BCUT2D eigenvalue weighted by Crippen LogP contribution is 2.07. The van der Waals surface area contributed by atoms with Crippen LogP contribution in [-0.4, -0.2) is 18.6 Å². The Balaban J connectivity index is 2.40. The van der Waals surface area contributed by atoms with Gasteiger partial charge in [0.25, 0.3) is 0 Å². The van der Waals surface area contributed by atoms with Crippen molar-refractivity contribution >= 4 is 14.6 Å². The molecule has 4 nitrogen and oxygen atoms in total. The van der Waals surface area contributed by atoms with Crippen LogP contribution < -0.4 is 5.09 Å². The second-order valence-corrected chi connectivity index (χ2v) is 5.21. The molecule has 0 aromatic heterocycles. The first kappa shape index (κ1) is 16.8. The van der Waals surface area contributed by atoms with Gasteiger partial charge >= 0.3 is 5.97 Å². The van der Waals surface area contributed by atoms with Crippen LogP contribution in [0, 0.1) is 0 Å². The van der Waals surface area contributed by atoms with Crippen molar-refractivity contribution in [1.29, 1.82) is 0 Å². The molecule has 1 unspecified atom stereocenters. The summed E-state index contributed by atoms with van der Waals surface area (Å²) in [6.07, 6.45) is 4.76. The van der Waals surface area contributed by atoms with Crippen LogP contribution in [0.3, 0.4) is 0 Å². The SMILES string of the molecule is CCCCCCOC(=O)[C@H](Cc1ccccc1)N[PH]=O. The third kappa shape index (κ3) is 6.78. The zero-order chi connectivity index (χ0) is 14.6. The van der Waals surface area contributed by atoms with E-state index in [0.29, 0.717) is 13.0 Å². The molecule has 1 N–H and O–H groups in total. The van der Waals surface area contributed by atoms with Gasteiger partial charge in [-0.1, -0.05) is 56.5 Å². The Morgan fingerprint density at radius 3 is 2.65 bits per heavy atom. The van der Waals surface area contributed by atoms with Crippen LogP contribution in [0.5, 0.6) is 0 Å². The monoisotopic (exact) mass is 296 g/mol. The largest absolute Gasteiger partial charge is 0.465 e. The lowest BCUT2D eigenvalue weighted by Crippen LogP contribution is -2.35. The molecule has 0 saturated heterocycles. The molecule has 1 rings (SSSR count). The minimum atomic E-state index is -0.713. The molecule has 5 heteroatoms. The molecule has 111 valence electrons. The van der Waals surface area contributed by atoms with Crippen molar-refractivity contribution in [3.63, 3.8) is 0 Å². The molecular formula is C15H23NO3P. The summed E-state index contributed by atoms with van der Waals surface area (Å²) in [4.78, 5) is 12.0. The average Bonchev–Trinajstić information content (AvgIpc) is 2.47. The molecule has 1 aromatic carbocycles. The van der Waals surface area contributed by atoms with Gasteiger partial charge in [-0.15, -0.1) is 0 Å². The van der Waals surface area contributed by atoms with Gasteiger partial charge < -0.3 is 4.74 Å². The molecule has 2 atom stereocenters. The lowest BCUT2D eigenvalue weighted by atomic mass is 10.1. The minimum Gasteiger partial charge on any atom is -0.465 e. The predicted molar refractivity (Wildman–Crippen MR) is 81.2 cm³/mol. The van der Waals surface area contributed by atoms with Crippen molar-refractivity contribution in [3.8, 4) is 0 Å². The number of hydrogen-bond acceptors (Lipinski definition) is 3. The molecule has 20 heavy (non-hydrogen) atoms. The topological polar surface area (TPSA) is 55.4 Å². The maximum absolute atomic E-state index is 12.0. The second kappa shape index (κ2) is 10.5. The number of benzene rings is 1. The Morgan fingerprint density at radius 1 is 1.25 bits per heavy atom. The maximum atomic E-state index is 12.0.